The second-order valence-electron chi connectivity index (χ2n) is 4.49. The topological polar surface area (TPSA) is 59.1 Å². The Morgan fingerprint density at radius 1 is 1.28 bits per heavy atom. The van der Waals surface area contributed by atoms with Crippen molar-refractivity contribution in [2.75, 3.05) is 24.8 Å². The molecule has 2 rings (SSSR count). The fourth-order valence-corrected chi connectivity index (χ4v) is 2.57. The Hall–Kier alpha value is -0.880. The molecular formula is C12H19BrN4O. The summed E-state index contributed by atoms with van der Waals surface area (Å²) < 4.78 is 6.12. The smallest absolute Gasteiger partial charge is 0.170 e. The van der Waals surface area contributed by atoms with E-state index in [1.807, 2.05) is 7.05 Å². The molecule has 1 aliphatic rings. The number of rotatable bonds is 4. The lowest BCUT2D eigenvalue weighted by molar-refractivity contribution is 0.0681. The van der Waals surface area contributed by atoms with Gasteiger partial charge < -0.3 is 15.4 Å². The summed E-state index contributed by atoms with van der Waals surface area (Å²) >= 11 is 3.35. The van der Waals surface area contributed by atoms with Gasteiger partial charge >= 0.3 is 0 Å². The fourth-order valence-electron chi connectivity index (χ4n) is 2.29. The molecule has 1 saturated carbocycles. The molecule has 1 heterocycles. The number of aromatic nitrogens is 2. The summed E-state index contributed by atoms with van der Waals surface area (Å²) in [4.78, 5) is 8.71. The number of nitrogens with zero attached hydrogens (tertiary/aromatic N) is 2. The van der Waals surface area contributed by atoms with Gasteiger partial charge in [0.05, 0.1) is 12.3 Å². The normalized spacial score (nSPS) is 23.7. The summed E-state index contributed by atoms with van der Waals surface area (Å²) in [5.41, 5.74) is 0. The predicted octanol–water partition coefficient (Wildman–Crippen LogP) is 2.65. The van der Waals surface area contributed by atoms with Crippen molar-refractivity contribution in [3.8, 4) is 0 Å². The number of ether oxygens (including phenoxy) is 1. The Labute approximate surface area is 116 Å². The summed E-state index contributed by atoms with van der Waals surface area (Å²) in [6.45, 7) is 0. The van der Waals surface area contributed by atoms with Gasteiger partial charge in [0.15, 0.2) is 11.6 Å². The first-order valence-corrected chi connectivity index (χ1v) is 7.02. The van der Waals surface area contributed by atoms with Crippen molar-refractivity contribution in [1.29, 1.82) is 0 Å². The van der Waals surface area contributed by atoms with E-state index in [4.69, 9.17) is 4.74 Å². The zero-order valence-corrected chi connectivity index (χ0v) is 12.3. The summed E-state index contributed by atoms with van der Waals surface area (Å²) in [5, 5.41) is 6.51. The minimum Gasteiger partial charge on any atom is -0.381 e. The van der Waals surface area contributed by atoms with E-state index in [1.165, 1.54) is 0 Å². The Balaban J connectivity index is 1.99. The predicted molar refractivity (Wildman–Crippen MR) is 76.0 cm³/mol. The highest BCUT2D eigenvalue weighted by Gasteiger charge is 2.21. The maximum atomic E-state index is 5.38. The molecule has 1 aromatic heterocycles. The van der Waals surface area contributed by atoms with Crippen molar-refractivity contribution in [1.82, 2.24) is 9.97 Å². The third-order valence-corrected chi connectivity index (χ3v) is 3.71. The maximum absolute atomic E-state index is 5.38. The van der Waals surface area contributed by atoms with E-state index in [-0.39, 0.29) is 0 Å². The highest BCUT2D eigenvalue weighted by atomic mass is 79.9. The molecule has 1 aromatic rings. The van der Waals surface area contributed by atoms with Gasteiger partial charge in [0, 0.05) is 20.2 Å². The van der Waals surface area contributed by atoms with Crippen molar-refractivity contribution in [2.24, 2.45) is 0 Å². The van der Waals surface area contributed by atoms with E-state index < -0.39 is 0 Å². The van der Waals surface area contributed by atoms with E-state index in [9.17, 15) is 0 Å². The molecule has 0 unspecified atom stereocenters. The molecule has 1 aliphatic carbocycles. The average Bonchev–Trinajstić information content (AvgIpc) is 2.40. The average molecular weight is 315 g/mol. The van der Waals surface area contributed by atoms with Gasteiger partial charge in [-0.25, -0.2) is 9.97 Å². The monoisotopic (exact) mass is 314 g/mol. The van der Waals surface area contributed by atoms with Crippen LogP contribution in [0.4, 0.5) is 11.6 Å². The van der Waals surface area contributed by atoms with E-state index in [0.717, 1.165) is 41.9 Å². The number of methoxy groups -OCH3 is 1. The van der Waals surface area contributed by atoms with E-state index >= 15 is 0 Å². The zero-order chi connectivity index (χ0) is 13.0. The Kier molecular flexibility index (Phi) is 4.77. The first kappa shape index (κ1) is 13.5. The van der Waals surface area contributed by atoms with Gasteiger partial charge in [-0.3, -0.25) is 0 Å². The molecule has 0 atom stereocenters. The van der Waals surface area contributed by atoms with Crippen LogP contribution in [0.5, 0.6) is 0 Å². The summed E-state index contributed by atoms with van der Waals surface area (Å²) in [7, 11) is 3.64. The van der Waals surface area contributed by atoms with Crippen molar-refractivity contribution >= 4 is 27.6 Å². The van der Waals surface area contributed by atoms with Crippen LogP contribution in [0.1, 0.15) is 25.7 Å². The van der Waals surface area contributed by atoms with Crippen molar-refractivity contribution in [3.63, 3.8) is 0 Å². The van der Waals surface area contributed by atoms with Crippen LogP contribution in [0, 0.1) is 0 Å². The second kappa shape index (κ2) is 6.33. The molecule has 2 N–H and O–H groups in total. The molecule has 18 heavy (non-hydrogen) atoms. The SMILES string of the molecule is CNc1ncc(Br)nc1N[C@H]1CC[C@H](OC)CC1. The van der Waals surface area contributed by atoms with Crippen LogP contribution >= 0.6 is 15.9 Å². The fraction of sp³-hybridized carbons (Fsp3) is 0.667. The minimum absolute atomic E-state index is 0.417. The first-order chi connectivity index (χ1) is 8.72. The van der Waals surface area contributed by atoms with Gasteiger partial charge in [0.2, 0.25) is 0 Å². The summed E-state index contributed by atoms with van der Waals surface area (Å²) in [6.07, 6.45) is 6.53. The molecule has 6 heteroatoms. The van der Waals surface area contributed by atoms with Crippen LogP contribution < -0.4 is 10.6 Å². The van der Waals surface area contributed by atoms with Gasteiger partial charge in [0.1, 0.15) is 4.60 Å². The molecule has 1 fully saturated rings. The Morgan fingerprint density at radius 3 is 2.61 bits per heavy atom. The standard InChI is InChI=1S/C12H19BrN4O/c1-14-11-12(17-10(13)7-15-11)16-8-3-5-9(18-2)6-4-8/h7-9H,3-6H2,1-2H3,(H,14,15)(H,16,17)/t8-,9-. The van der Waals surface area contributed by atoms with Gasteiger partial charge in [-0.05, 0) is 41.6 Å². The lowest BCUT2D eigenvalue weighted by Crippen LogP contribution is -2.29. The van der Waals surface area contributed by atoms with E-state index in [1.54, 1.807) is 13.3 Å². The molecule has 0 bridgehead atoms. The number of hydrogen-bond donors (Lipinski definition) is 2. The van der Waals surface area contributed by atoms with Crippen molar-refractivity contribution in [3.05, 3.63) is 10.8 Å². The van der Waals surface area contributed by atoms with Gasteiger partial charge in [0.25, 0.3) is 0 Å². The van der Waals surface area contributed by atoms with Crippen LogP contribution in [0.15, 0.2) is 10.8 Å². The largest absolute Gasteiger partial charge is 0.381 e. The molecule has 0 saturated heterocycles. The van der Waals surface area contributed by atoms with Gasteiger partial charge in [-0.1, -0.05) is 0 Å². The Morgan fingerprint density at radius 2 is 2.00 bits per heavy atom. The van der Waals surface area contributed by atoms with Crippen LogP contribution in [0.2, 0.25) is 0 Å². The van der Waals surface area contributed by atoms with Crippen LogP contribution in [0.3, 0.4) is 0 Å². The summed E-state index contributed by atoms with van der Waals surface area (Å²) in [5.74, 6) is 1.60. The molecule has 0 amide bonds. The maximum Gasteiger partial charge on any atom is 0.170 e. The van der Waals surface area contributed by atoms with Gasteiger partial charge in [-0.2, -0.15) is 0 Å². The van der Waals surface area contributed by atoms with Gasteiger partial charge in [-0.15, -0.1) is 0 Å². The number of nitrogens with one attached hydrogen (secondary N) is 2. The highest BCUT2D eigenvalue weighted by molar-refractivity contribution is 9.10. The molecule has 0 aromatic carbocycles. The van der Waals surface area contributed by atoms with Crippen LogP contribution in [0.25, 0.3) is 0 Å². The minimum atomic E-state index is 0.417. The molecule has 0 aliphatic heterocycles. The highest BCUT2D eigenvalue weighted by Crippen LogP contribution is 2.26. The third kappa shape index (κ3) is 3.32. The number of halogens is 1. The molecule has 0 spiro atoms. The molecule has 0 radical (unpaired) electrons. The van der Waals surface area contributed by atoms with E-state index in [0.29, 0.717) is 12.1 Å². The van der Waals surface area contributed by atoms with Crippen LogP contribution in [-0.4, -0.2) is 36.3 Å². The lowest BCUT2D eigenvalue weighted by Gasteiger charge is -2.28. The molecule has 100 valence electrons. The summed E-state index contributed by atoms with van der Waals surface area (Å²) in [6, 6.07) is 0.451. The Bertz CT molecular complexity index is 394. The quantitative estimate of drug-likeness (QED) is 0.894. The van der Waals surface area contributed by atoms with E-state index in [2.05, 4.69) is 36.5 Å². The zero-order valence-electron chi connectivity index (χ0n) is 10.7. The van der Waals surface area contributed by atoms with Crippen molar-refractivity contribution in [2.45, 2.75) is 37.8 Å². The molecular weight excluding hydrogens is 296 g/mol. The number of anilines is 2. The van der Waals surface area contributed by atoms with Crippen LogP contribution in [-0.2, 0) is 4.74 Å². The first-order valence-electron chi connectivity index (χ1n) is 6.22. The van der Waals surface area contributed by atoms with Crippen molar-refractivity contribution < 1.29 is 4.74 Å². The number of hydrogen-bond acceptors (Lipinski definition) is 5. The molecule has 5 nitrogen and oxygen atoms in total. The second-order valence-corrected chi connectivity index (χ2v) is 5.31. The third-order valence-electron chi connectivity index (χ3n) is 3.33. The lowest BCUT2D eigenvalue weighted by atomic mass is 9.93.